The van der Waals surface area contributed by atoms with Crippen molar-refractivity contribution in [1.82, 2.24) is 4.90 Å². The van der Waals surface area contributed by atoms with Crippen molar-refractivity contribution in [2.45, 2.75) is 45.6 Å². The van der Waals surface area contributed by atoms with E-state index >= 15 is 0 Å². The third kappa shape index (κ3) is 3.98. The summed E-state index contributed by atoms with van der Waals surface area (Å²) < 4.78 is 0. The van der Waals surface area contributed by atoms with Crippen molar-refractivity contribution in [1.29, 1.82) is 0 Å². The van der Waals surface area contributed by atoms with Gasteiger partial charge in [-0.3, -0.25) is 4.79 Å². The van der Waals surface area contributed by atoms with E-state index in [1.54, 1.807) is 0 Å². The zero-order chi connectivity index (χ0) is 13.7. The maximum Gasteiger partial charge on any atom is 0.326 e. The van der Waals surface area contributed by atoms with Crippen LogP contribution in [0.25, 0.3) is 0 Å². The number of hydrogen-bond acceptors (Lipinski definition) is 3. The second-order valence-electron chi connectivity index (χ2n) is 5.45. The van der Waals surface area contributed by atoms with Gasteiger partial charge in [-0.1, -0.05) is 13.8 Å². The first-order valence-corrected chi connectivity index (χ1v) is 6.68. The predicted molar refractivity (Wildman–Crippen MR) is 69.0 cm³/mol. The van der Waals surface area contributed by atoms with Gasteiger partial charge in [-0.25, -0.2) is 4.79 Å². The highest BCUT2D eigenvalue weighted by Crippen LogP contribution is 2.24. The van der Waals surface area contributed by atoms with Gasteiger partial charge in [0, 0.05) is 13.0 Å². The molecule has 3 unspecified atom stereocenters. The quantitative estimate of drug-likeness (QED) is 0.770. The Morgan fingerprint density at radius 3 is 2.72 bits per heavy atom. The Hall–Kier alpha value is -1.10. The van der Waals surface area contributed by atoms with Crippen LogP contribution < -0.4 is 5.73 Å². The smallest absolute Gasteiger partial charge is 0.326 e. The Balaban J connectivity index is 2.56. The van der Waals surface area contributed by atoms with E-state index in [-0.39, 0.29) is 5.91 Å². The van der Waals surface area contributed by atoms with Crippen LogP contribution in [0, 0.1) is 11.8 Å². The van der Waals surface area contributed by atoms with Gasteiger partial charge in [0.15, 0.2) is 0 Å². The molecule has 5 nitrogen and oxygen atoms in total. The number of carboxylic acids is 1. The number of carbonyl (C=O) groups excluding carboxylic acids is 1. The van der Waals surface area contributed by atoms with Crippen LogP contribution in [0.3, 0.4) is 0 Å². The Morgan fingerprint density at radius 2 is 2.17 bits per heavy atom. The van der Waals surface area contributed by atoms with Crippen molar-refractivity contribution >= 4 is 11.9 Å². The fourth-order valence-corrected chi connectivity index (χ4v) is 2.31. The molecule has 0 spiro atoms. The normalized spacial score (nSPS) is 25.8. The Morgan fingerprint density at radius 1 is 1.50 bits per heavy atom. The summed E-state index contributed by atoms with van der Waals surface area (Å²) in [5.74, 6) is -0.254. The molecule has 1 heterocycles. The number of amides is 1. The third-order valence-electron chi connectivity index (χ3n) is 3.72. The topological polar surface area (TPSA) is 83.6 Å². The molecule has 0 saturated carbocycles. The average Bonchev–Trinajstić information content (AvgIpc) is 2.35. The molecule has 1 rings (SSSR count). The molecule has 1 fully saturated rings. The van der Waals surface area contributed by atoms with Crippen molar-refractivity contribution in [3.05, 3.63) is 0 Å². The molecule has 5 heteroatoms. The molecule has 104 valence electrons. The molecule has 1 saturated heterocycles. The monoisotopic (exact) mass is 256 g/mol. The summed E-state index contributed by atoms with van der Waals surface area (Å²) in [6.45, 7) is 5.16. The maximum atomic E-state index is 12.1. The molecule has 1 amide bonds. The highest BCUT2D eigenvalue weighted by Gasteiger charge is 2.34. The molecule has 1 aliphatic heterocycles. The SMILES string of the molecule is CC(CN)CCC(=O)N1CCC(C)CC1C(=O)O. The van der Waals surface area contributed by atoms with Crippen LogP contribution in [0.1, 0.15) is 39.5 Å². The van der Waals surface area contributed by atoms with Gasteiger partial charge in [-0.15, -0.1) is 0 Å². The van der Waals surface area contributed by atoms with Crippen molar-refractivity contribution in [2.75, 3.05) is 13.1 Å². The van der Waals surface area contributed by atoms with E-state index in [4.69, 9.17) is 5.73 Å². The molecule has 1 aliphatic rings. The van der Waals surface area contributed by atoms with Gasteiger partial charge >= 0.3 is 5.97 Å². The largest absolute Gasteiger partial charge is 0.480 e. The summed E-state index contributed by atoms with van der Waals surface area (Å²) in [6.07, 6.45) is 2.58. The van der Waals surface area contributed by atoms with E-state index in [0.29, 0.717) is 37.8 Å². The number of nitrogens with zero attached hydrogens (tertiary/aromatic N) is 1. The number of carboxylic acid groups (broad SMARTS) is 1. The number of piperidine rings is 1. The fourth-order valence-electron chi connectivity index (χ4n) is 2.31. The minimum absolute atomic E-state index is 0.0467. The molecule has 3 atom stereocenters. The molecule has 0 aromatic carbocycles. The van der Waals surface area contributed by atoms with Crippen LogP contribution >= 0.6 is 0 Å². The first kappa shape index (κ1) is 15.0. The van der Waals surface area contributed by atoms with E-state index < -0.39 is 12.0 Å². The lowest BCUT2D eigenvalue weighted by Gasteiger charge is -2.36. The average molecular weight is 256 g/mol. The first-order chi connectivity index (χ1) is 8.45. The lowest BCUT2D eigenvalue weighted by atomic mass is 9.92. The van der Waals surface area contributed by atoms with E-state index in [1.165, 1.54) is 4.90 Å². The molecular weight excluding hydrogens is 232 g/mol. The third-order valence-corrected chi connectivity index (χ3v) is 3.72. The van der Waals surface area contributed by atoms with Crippen molar-refractivity contribution in [3.8, 4) is 0 Å². The van der Waals surface area contributed by atoms with Gasteiger partial charge in [0.1, 0.15) is 6.04 Å². The van der Waals surface area contributed by atoms with Crippen LogP contribution in [-0.4, -0.2) is 41.0 Å². The zero-order valence-electron chi connectivity index (χ0n) is 11.3. The highest BCUT2D eigenvalue weighted by atomic mass is 16.4. The van der Waals surface area contributed by atoms with Crippen molar-refractivity contribution in [2.24, 2.45) is 17.6 Å². The molecule has 0 radical (unpaired) electrons. The second-order valence-corrected chi connectivity index (χ2v) is 5.45. The number of rotatable bonds is 5. The number of carbonyl (C=O) groups is 2. The standard InChI is InChI=1S/C13H24N2O3/c1-9-5-6-15(11(7-9)13(17)18)12(16)4-3-10(2)8-14/h9-11H,3-8,14H2,1-2H3,(H,17,18). The highest BCUT2D eigenvalue weighted by molar-refractivity contribution is 5.83. The number of aliphatic carboxylic acids is 1. The van der Waals surface area contributed by atoms with Crippen LogP contribution in [0.5, 0.6) is 0 Å². The number of nitrogens with two attached hydrogens (primary N) is 1. The molecule has 18 heavy (non-hydrogen) atoms. The summed E-state index contributed by atoms with van der Waals surface area (Å²) in [7, 11) is 0. The lowest BCUT2D eigenvalue weighted by molar-refractivity contribution is -0.153. The molecule has 0 aliphatic carbocycles. The van der Waals surface area contributed by atoms with E-state index in [1.807, 2.05) is 13.8 Å². The first-order valence-electron chi connectivity index (χ1n) is 6.68. The zero-order valence-corrected chi connectivity index (χ0v) is 11.3. The Labute approximate surface area is 108 Å². The molecule has 0 aromatic rings. The second kappa shape index (κ2) is 6.73. The molecule has 0 aromatic heterocycles. The molecule has 0 bridgehead atoms. The van der Waals surface area contributed by atoms with Gasteiger partial charge in [0.2, 0.25) is 5.91 Å². The maximum absolute atomic E-state index is 12.1. The summed E-state index contributed by atoms with van der Waals surface area (Å²) in [5, 5.41) is 9.19. The summed E-state index contributed by atoms with van der Waals surface area (Å²) in [5.41, 5.74) is 5.51. The Kier molecular flexibility index (Phi) is 5.59. The van der Waals surface area contributed by atoms with Gasteiger partial charge in [-0.05, 0) is 37.6 Å². The number of likely N-dealkylation sites (tertiary alicyclic amines) is 1. The van der Waals surface area contributed by atoms with Gasteiger partial charge in [0.25, 0.3) is 0 Å². The molecular formula is C13H24N2O3. The van der Waals surface area contributed by atoms with Crippen molar-refractivity contribution in [3.63, 3.8) is 0 Å². The summed E-state index contributed by atoms with van der Waals surface area (Å²) in [4.78, 5) is 24.8. The lowest BCUT2D eigenvalue weighted by Crippen LogP contribution is -2.49. The van der Waals surface area contributed by atoms with Gasteiger partial charge in [0.05, 0.1) is 0 Å². The van der Waals surface area contributed by atoms with Crippen LogP contribution in [-0.2, 0) is 9.59 Å². The van der Waals surface area contributed by atoms with Crippen molar-refractivity contribution < 1.29 is 14.7 Å². The van der Waals surface area contributed by atoms with E-state index in [9.17, 15) is 14.7 Å². The number of hydrogen-bond donors (Lipinski definition) is 2. The summed E-state index contributed by atoms with van der Waals surface area (Å²) in [6, 6.07) is -0.644. The Bertz CT molecular complexity index is 307. The minimum atomic E-state index is -0.887. The van der Waals surface area contributed by atoms with E-state index in [0.717, 1.165) is 12.8 Å². The van der Waals surface area contributed by atoms with Crippen LogP contribution in [0.15, 0.2) is 0 Å². The summed E-state index contributed by atoms with van der Waals surface area (Å²) >= 11 is 0. The van der Waals surface area contributed by atoms with Gasteiger partial charge in [-0.2, -0.15) is 0 Å². The van der Waals surface area contributed by atoms with E-state index in [2.05, 4.69) is 0 Å². The van der Waals surface area contributed by atoms with Gasteiger partial charge < -0.3 is 15.7 Å². The fraction of sp³-hybridized carbons (Fsp3) is 0.846. The van der Waals surface area contributed by atoms with Crippen LogP contribution in [0.2, 0.25) is 0 Å². The molecule has 3 N–H and O–H groups in total. The van der Waals surface area contributed by atoms with Crippen LogP contribution in [0.4, 0.5) is 0 Å². The minimum Gasteiger partial charge on any atom is -0.480 e. The predicted octanol–water partition coefficient (Wildman–Crippen LogP) is 1.07.